The summed E-state index contributed by atoms with van der Waals surface area (Å²) in [6, 6.07) is 2.85. The lowest BCUT2D eigenvalue weighted by atomic mass is 9.96. The van der Waals surface area contributed by atoms with Crippen LogP contribution in [0.15, 0.2) is 12.3 Å². The van der Waals surface area contributed by atoms with Crippen LogP contribution in [0.4, 0.5) is 0 Å². The molecule has 1 aliphatic rings. The molecular formula is C13H21BrN2. The maximum Gasteiger partial charge on any atom is 0.0625 e. The maximum atomic E-state index is 4.70. The zero-order valence-electron chi connectivity index (χ0n) is 10.0. The molecule has 0 aromatic carbocycles. The van der Waals surface area contributed by atoms with E-state index in [1.807, 2.05) is 0 Å². The molecule has 1 atom stereocenters. The minimum Gasteiger partial charge on any atom is -0.269 e. The predicted molar refractivity (Wildman–Crippen MR) is 71.1 cm³/mol. The summed E-state index contributed by atoms with van der Waals surface area (Å²) in [6.45, 7) is 2.19. The molecule has 0 spiro atoms. The van der Waals surface area contributed by atoms with E-state index in [-0.39, 0.29) is 0 Å². The van der Waals surface area contributed by atoms with Crippen LogP contribution in [-0.4, -0.2) is 14.6 Å². The van der Waals surface area contributed by atoms with Crippen LogP contribution >= 0.6 is 15.9 Å². The molecule has 1 fully saturated rings. The molecule has 90 valence electrons. The third kappa shape index (κ3) is 3.34. The second-order valence-electron chi connectivity index (χ2n) is 4.90. The first kappa shape index (κ1) is 12.2. The fraction of sp³-hybridized carbons (Fsp3) is 0.769. The van der Waals surface area contributed by atoms with Crippen molar-refractivity contribution < 1.29 is 0 Å². The Morgan fingerprint density at radius 2 is 2.19 bits per heavy atom. The topological polar surface area (TPSA) is 17.8 Å². The van der Waals surface area contributed by atoms with E-state index in [0.29, 0.717) is 10.9 Å². The molecule has 2 nitrogen and oxygen atoms in total. The first-order chi connectivity index (χ1) is 7.75. The van der Waals surface area contributed by atoms with E-state index in [9.17, 15) is 0 Å². The molecule has 1 unspecified atom stereocenters. The van der Waals surface area contributed by atoms with Crippen LogP contribution in [0.5, 0.6) is 0 Å². The van der Waals surface area contributed by atoms with Crippen molar-refractivity contribution in [3.8, 4) is 0 Å². The summed E-state index contributed by atoms with van der Waals surface area (Å²) in [5, 5.41) is 4.70. The van der Waals surface area contributed by atoms with Crippen molar-refractivity contribution in [1.29, 1.82) is 0 Å². The monoisotopic (exact) mass is 284 g/mol. The van der Waals surface area contributed by atoms with Crippen molar-refractivity contribution in [3.63, 3.8) is 0 Å². The lowest BCUT2D eigenvalue weighted by Crippen LogP contribution is -2.13. The highest BCUT2D eigenvalue weighted by Crippen LogP contribution is 2.27. The van der Waals surface area contributed by atoms with Crippen molar-refractivity contribution in [1.82, 2.24) is 9.78 Å². The van der Waals surface area contributed by atoms with Gasteiger partial charge in [-0.25, -0.2) is 0 Å². The van der Waals surface area contributed by atoms with Gasteiger partial charge in [0.25, 0.3) is 0 Å². The number of rotatable bonds is 4. The molecule has 0 aliphatic heterocycles. The molecule has 16 heavy (non-hydrogen) atoms. The van der Waals surface area contributed by atoms with Crippen LogP contribution in [0.1, 0.15) is 57.2 Å². The zero-order chi connectivity index (χ0) is 11.4. The minimum absolute atomic E-state index is 0.590. The highest BCUT2D eigenvalue weighted by Gasteiger charge is 2.15. The average molecular weight is 285 g/mol. The molecule has 1 aliphatic carbocycles. The maximum absolute atomic E-state index is 4.70. The third-order valence-corrected chi connectivity index (χ3v) is 3.87. The number of aryl methyl sites for hydroxylation is 1. The van der Waals surface area contributed by atoms with Gasteiger partial charge in [0.15, 0.2) is 0 Å². The predicted octanol–water partition coefficient (Wildman–Crippen LogP) is 4.10. The van der Waals surface area contributed by atoms with Gasteiger partial charge in [-0.2, -0.15) is 5.10 Å². The van der Waals surface area contributed by atoms with E-state index in [1.54, 1.807) is 0 Å². The van der Waals surface area contributed by atoms with E-state index in [2.05, 4.69) is 39.8 Å². The highest BCUT2D eigenvalue weighted by atomic mass is 79.9. The second-order valence-corrected chi connectivity index (χ2v) is 6.46. The normalized spacial score (nSPS) is 19.9. The van der Waals surface area contributed by atoms with Crippen molar-refractivity contribution in [2.45, 2.75) is 62.7 Å². The van der Waals surface area contributed by atoms with Gasteiger partial charge >= 0.3 is 0 Å². The Morgan fingerprint density at radius 1 is 1.44 bits per heavy atom. The Kier molecular flexibility index (Phi) is 4.45. The Hall–Kier alpha value is -0.310. The summed E-state index contributed by atoms with van der Waals surface area (Å²) in [4.78, 5) is 0.590. The SMILES string of the molecule is CC(Br)CCc1ccn(C2CCCCC2)n1. The second kappa shape index (κ2) is 5.85. The first-order valence-corrected chi connectivity index (χ1v) is 7.35. The van der Waals surface area contributed by atoms with Gasteiger partial charge in [0.05, 0.1) is 11.7 Å². The Bertz CT molecular complexity index is 313. The molecular weight excluding hydrogens is 264 g/mol. The van der Waals surface area contributed by atoms with Gasteiger partial charge in [-0.05, 0) is 31.7 Å². The molecule has 1 aromatic heterocycles. The fourth-order valence-corrected chi connectivity index (χ4v) is 2.64. The van der Waals surface area contributed by atoms with Gasteiger partial charge in [-0.15, -0.1) is 0 Å². The zero-order valence-corrected chi connectivity index (χ0v) is 11.6. The molecule has 2 rings (SSSR count). The minimum atomic E-state index is 0.590. The summed E-state index contributed by atoms with van der Waals surface area (Å²) < 4.78 is 2.20. The molecule has 0 bridgehead atoms. The number of hydrogen-bond acceptors (Lipinski definition) is 1. The summed E-state index contributed by atoms with van der Waals surface area (Å²) in [5.74, 6) is 0. The summed E-state index contributed by atoms with van der Waals surface area (Å²) in [6.07, 6.45) is 11.2. The summed E-state index contributed by atoms with van der Waals surface area (Å²) in [5.41, 5.74) is 1.25. The molecule has 0 N–H and O–H groups in total. The first-order valence-electron chi connectivity index (χ1n) is 6.44. The molecule has 3 heteroatoms. The number of halogens is 1. The average Bonchev–Trinajstić information content (AvgIpc) is 2.76. The summed E-state index contributed by atoms with van der Waals surface area (Å²) in [7, 11) is 0. The van der Waals surface area contributed by atoms with Crippen molar-refractivity contribution in [2.24, 2.45) is 0 Å². The van der Waals surface area contributed by atoms with Gasteiger partial charge in [-0.3, -0.25) is 4.68 Å². The van der Waals surface area contributed by atoms with Crippen LogP contribution in [0.2, 0.25) is 0 Å². The Labute approximate surface area is 107 Å². The highest BCUT2D eigenvalue weighted by molar-refractivity contribution is 9.09. The molecule has 1 heterocycles. The lowest BCUT2D eigenvalue weighted by Gasteiger charge is -2.21. The fourth-order valence-electron chi connectivity index (χ4n) is 2.41. The number of hydrogen-bond donors (Lipinski definition) is 0. The van der Waals surface area contributed by atoms with Crippen LogP contribution in [0.3, 0.4) is 0 Å². The Morgan fingerprint density at radius 3 is 2.88 bits per heavy atom. The molecule has 0 saturated heterocycles. The standard InChI is InChI=1S/C13H21BrN2/c1-11(14)7-8-12-9-10-16(15-12)13-5-3-2-4-6-13/h9-11,13H,2-8H2,1H3. The van der Waals surface area contributed by atoms with E-state index in [1.165, 1.54) is 44.2 Å². The van der Waals surface area contributed by atoms with Gasteiger partial charge in [0.1, 0.15) is 0 Å². The largest absolute Gasteiger partial charge is 0.269 e. The van der Waals surface area contributed by atoms with Crippen LogP contribution in [0, 0.1) is 0 Å². The van der Waals surface area contributed by atoms with Crippen LogP contribution < -0.4 is 0 Å². The van der Waals surface area contributed by atoms with Gasteiger partial charge in [0, 0.05) is 11.0 Å². The van der Waals surface area contributed by atoms with E-state index < -0.39 is 0 Å². The van der Waals surface area contributed by atoms with Crippen molar-refractivity contribution in [2.75, 3.05) is 0 Å². The smallest absolute Gasteiger partial charge is 0.0625 e. The van der Waals surface area contributed by atoms with Crippen molar-refractivity contribution in [3.05, 3.63) is 18.0 Å². The third-order valence-electron chi connectivity index (χ3n) is 3.41. The van der Waals surface area contributed by atoms with E-state index in [0.717, 1.165) is 6.42 Å². The molecule has 1 saturated carbocycles. The number of nitrogens with zero attached hydrogens (tertiary/aromatic N) is 2. The van der Waals surface area contributed by atoms with E-state index in [4.69, 9.17) is 5.10 Å². The van der Waals surface area contributed by atoms with E-state index >= 15 is 0 Å². The number of alkyl halides is 1. The van der Waals surface area contributed by atoms with Gasteiger partial charge in [-0.1, -0.05) is 42.1 Å². The summed E-state index contributed by atoms with van der Waals surface area (Å²) >= 11 is 3.58. The van der Waals surface area contributed by atoms with Crippen LogP contribution in [-0.2, 0) is 6.42 Å². The molecule has 0 radical (unpaired) electrons. The Balaban J connectivity index is 1.90. The number of aromatic nitrogens is 2. The lowest BCUT2D eigenvalue weighted by molar-refractivity contribution is 0.328. The van der Waals surface area contributed by atoms with Gasteiger partial charge in [0.2, 0.25) is 0 Å². The van der Waals surface area contributed by atoms with Gasteiger partial charge < -0.3 is 0 Å². The molecule has 1 aromatic rings. The van der Waals surface area contributed by atoms with Crippen LogP contribution in [0.25, 0.3) is 0 Å². The molecule has 0 amide bonds. The van der Waals surface area contributed by atoms with Crippen molar-refractivity contribution >= 4 is 15.9 Å². The quantitative estimate of drug-likeness (QED) is 0.761.